The third-order valence-electron chi connectivity index (χ3n) is 4.18. The molecule has 2 N–H and O–H groups in total. The van der Waals surface area contributed by atoms with Crippen molar-refractivity contribution in [1.29, 1.82) is 0 Å². The van der Waals surface area contributed by atoms with Crippen molar-refractivity contribution in [3.63, 3.8) is 0 Å². The van der Waals surface area contributed by atoms with E-state index in [9.17, 15) is 9.90 Å². The molecule has 0 saturated carbocycles. The number of halogens is 1. The Hall–Kier alpha value is -1.30. The average Bonchev–Trinajstić information content (AvgIpc) is 2.91. The number of nitrogens with zero attached hydrogens (tertiary/aromatic N) is 1. The molecule has 1 saturated heterocycles. The van der Waals surface area contributed by atoms with Crippen molar-refractivity contribution >= 4 is 17.5 Å². The van der Waals surface area contributed by atoms with Crippen LogP contribution in [0.2, 0.25) is 5.02 Å². The molecule has 0 aliphatic carbocycles. The molecule has 1 amide bonds. The van der Waals surface area contributed by atoms with Crippen LogP contribution in [0.4, 0.5) is 0 Å². The monoisotopic (exact) mass is 340 g/mol. The van der Waals surface area contributed by atoms with Crippen molar-refractivity contribution in [2.75, 3.05) is 20.2 Å². The number of benzene rings is 1. The molecule has 23 heavy (non-hydrogen) atoms. The lowest BCUT2D eigenvalue weighted by molar-refractivity contribution is -0.122. The third-order valence-corrected chi connectivity index (χ3v) is 4.41. The second kappa shape index (κ2) is 8.52. The standard InChI is InChI=1S/C17H25ClN2O3/c1-12(21)8-15-4-3-7-20(15)11-17(22)19-10-13-9-14(18)5-6-16(13)23-2/h5-6,9,12,15,21H,3-4,7-8,10-11H2,1-2H3,(H,19,22). The number of aliphatic hydroxyl groups is 1. The van der Waals surface area contributed by atoms with Crippen molar-refractivity contribution in [2.45, 2.75) is 44.9 Å². The topological polar surface area (TPSA) is 61.8 Å². The van der Waals surface area contributed by atoms with Crippen molar-refractivity contribution in [2.24, 2.45) is 0 Å². The molecular formula is C17H25ClN2O3. The molecule has 2 unspecified atom stereocenters. The van der Waals surface area contributed by atoms with E-state index in [1.54, 1.807) is 32.2 Å². The van der Waals surface area contributed by atoms with Gasteiger partial charge < -0.3 is 15.2 Å². The Morgan fingerprint density at radius 3 is 3.04 bits per heavy atom. The van der Waals surface area contributed by atoms with Gasteiger partial charge in [0.15, 0.2) is 0 Å². The molecule has 6 heteroatoms. The fourth-order valence-corrected chi connectivity index (χ4v) is 3.28. The van der Waals surface area contributed by atoms with Crippen LogP contribution in [-0.2, 0) is 11.3 Å². The summed E-state index contributed by atoms with van der Waals surface area (Å²) in [6.07, 6.45) is 2.50. The zero-order valence-corrected chi connectivity index (χ0v) is 14.5. The summed E-state index contributed by atoms with van der Waals surface area (Å²) in [5.41, 5.74) is 0.857. The Morgan fingerprint density at radius 1 is 1.57 bits per heavy atom. The summed E-state index contributed by atoms with van der Waals surface area (Å²) in [6.45, 7) is 3.45. The summed E-state index contributed by atoms with van der Waals surface area (Å²) in [7, 11) is 1.60. The van der Waals surface area contributed by atoms with Crippen LogP contribution in [0.25, 0.3) is 0 Å². The molecule has 0 spiro atoms. The van der Waals surface area contributed by atoms with Crippen molar-refractivity contribution in [3.8, 4) is 5.75 Å². The second-order valence-corrected chi connectivity index (χ2v) is 6.52. The smallest absolute Gasteiger partial charge is 0.234 e. The number of aliphatic hydroxyl groups excluding tert-OH is 1. The predicted molar refractivity (Wildman–Crippen MR) is 90.7 cm³/mol. The largest absolute Gasteiger partial charge is 0.496 e. The molecule has 0 radical (unpaired) electrons. The zero-order chi connectivity index (χ0) is 16.8. The Balaban J connectivity index is 1.86. The normalized spacial score (nSPS) is 19.6. The summed E-state index contributed by atoms with van der Waals surface area (Å²) >= 11 is 5.99. The lowest BCUT2D eigenvalue weighted by atomic mass is 10.1. The van der Waals surface area contributed by atoms with Crippen LogP contribution in [0, 0.1) is 0 Å². The average molecular weight is 341 g/mol. The minimum atomic E-state index is -0.334. The number of hydrogen-bond acceptors (Lipinski definition) is 4. The van der Waals surface area contributed by atoms with Gasteiger partial charge in [0, 0.05) is 23.2 Å². The van der Waals surface area contributed by atoms with Gasteiger partial charge in [-0.2, -0.15) is 0 Å². The lowest BCUT2D eigenvalue weighted by Crippen LogP contribution is -2.40. The highest BCUT2D eigenvalue weighted by Gasteiger charge is 2.27. The minimum Gasteiger partial charge on any atom is -0.496 e. The van der Waals surface area contributed by atoms with Crippen LogP contribution in [0.3, 0.4) is 0 Å². The summed E-state index contributed by atoms with van der Waals surface area (Å²) in [5, 5.41) is 13.1. The molecule has 2 rings (SSSR count). The number of carbonyl (C=O) groups excluding carboxylic acids is 1. The highest BCUT2D eigenvalue weighted by molar-refractivity contribution is 6.30. The maximum absolute atomic E-state index is 12.2. The molecule has 1 fully saturated rings. The van der Waals surface area contributed by atoms with Crippen molar-refractivity contribution in [1.82, 2.24) is 10.2 Å². The molecule has 1 aliphatic heterocycles. The molecule has 0 aromatic heterocycles. The maximum atomic E-state index is 12.2. The lowest BCUT2D eigenvalue weighted by Gasteiger charge is -2.24. The number of rotatable bonds is 7. The predicted octanol–water partition coefficient (Wildman–Crippen LogP) is 2.20. The van der Waals surface area contributed by atoms with Gasteiger partial charge in [0.2, 0.25) is 5.91 Å². The van der Waals surface area contributed by atoms with E-state index in [4.69, 9.17) is 16.3 Å². The molecule has 128 valence electrons. The van der Waals surface area contributed by atoms with E-state index in [-0.39, 0.29) is 12.0 Å². The van der Waals surface area contributed by atoms with Gasteiger partial charge >= 0.3 is 0 Å². The van der Waals surface area contributed by atoms with Gasteiger partial charge in [-0.25, -0.2) is 0 Å². The van der Waals surface area contributed by atoms with Gasteiger partial charge in [-0.05, 0) is 50.9 Å². The van der Waals surface area contributed by atoms with Crippen LogP contribution in [0.5, 0.6) is 5.75 Å². The third kappa shape index (κ3) is 5.37. The van der Waals surface area contributed by atoms with Gasteiger partial charge in [-0.15, -0.1) is 0 Å². The van der Waals surface area contributed by atoms with Gasteiger partial charge in [0.25, 0.3) is 0 Å². The maximum Gasteiger partial charge on any atom is 0.234 e. The minimum absolute atomic E-state index is 0.0236. The fourth-order valence-electron chi connectivity index (χ4n) is 3.08. The van der Waals surface area contributed by atoms with E-state index >= 15 is 0 Å². The first-order valence-electron chi connectivity index (χ1n) is 8.01. The Labute approximate surface area is 142 Å². The van der Waals surface area contributed by atoms with Gasteiger partial charge in [-0.1, -0.05) is 11.6 Å². The molecule has 1 aromatic rings. The first-order chi connectivity index (χ1) is 11.0. The first-order valence-corrected chi connectivity index (χ1v) is 8.38. The van der Waals surface area contributed by atoms with E-state index in [0.717, 1.165) is 31.4 Å². The quantitative estimate of drug-likeness (QED) is 0.799. The van der Waals surface area contributed by atoms with Gasteiger partial charge in [0.1, 0.15) is 5.75 Å². The number of carbonyl (C=O) groups is 1. The number of methoxy groups -OCH3 is 1. The van der Waals surface area contributed by atoms with Crippen LogP contribution in [0.15, 0.2) is 18.2 Å². The molecule has 1 aliphatic rings. The van der Waals surface area contributed by atoms with Crippen molar-refractivity contribution < 1.29 is 14.6 Å². The first kappa shape index (κ1) is 18.0. The highest BCUT2D eigenvalue weighted by Crippen LogP contribution is 2.23. The van der Waals surface area contributed by atoms with E-state index < -0.39 is 0 Å². The van der Waals surface area contributed by atoms with E-state index in [2.05, 4.69) is 10.2 Å². The number of likely N-dealkylation sites (tertiary alicyclic amines) is 1. The summed E-state index contributed by atoms with van der Waals surface area (Å²) in [6, 6.07) is 5.65. The fraction of sp³-hybridized carbons (Fsp3) is 0.588. The van der Waals surface area contributed by atoms with Gasteiger partial charge in [-0.3, -0.25) is 9.69 Å². The van der Waals surface area contributed by atoms with E-state index in [1.807, 2.05) is 0 Å². The zero-order valence-electron chi connectivity index (χ0n) is 13.7. The number of amides is 1. The summed E-state index contributed by atoms with van der Waals surface area (Å²) < 4.78 is 5.28. The Morgan fingerprint density at radius 2 is 2.35 bits per heavy atom. The second-order valence-electron chi connectivity index (χ2n) is 6.08. The molecule has 2 atom stereocenters. The summed E-state index contributed by atoms with van der Waals surface area (Å²) in [5.74, 6) is 0.687. The molecule has 1 heterocycles. The van der Waals surface area contributed by atoms with Crippen LogP contribution >= 0.6 is 11.6 Å². The number of nitrogens with one attached hydrogen (secondary N) is 1. The molecule has 0 bridgehead atoms. The summed E-state index contributed by atoms with van der Waals surface area (Å²) in [4.78, 5) is 14.3. The van der Waals surface area contributed by atoms with Gasteiger partial charge in [0.05, 0.1) is 19.8 Å². The van der Waals surface area contributed by atoms with Crippen LogP contribution < -0.4 is 10.1 Å². The SMILES string of the molecule is COc1ccc(Cl)cc1CNC(=O)CN1CCCC1CC(C)O. The molecule has 1 aromatic carbocycles. The number of ether oxygens (including phenoxy) is 1. The van der Waals surface area contributed by atoms with E-state index in [1.165, 1.54) is 0 Å². The van der Waals surface area contributed by atoms with Crippen LogP contribution in [0.1, 0.15) is 31.7 Å². The van der Waals surface area contributed by atoms with Crippen molar-refractivity contribution in [3.05, 3.63) is 28.8 Å². The van der Waals surface area contributed by atoms with E-state index in [0.29, 0.717) is 29.9 Å². The van der Waals surface area contributed by atoms with Crippen LogP contribution in [-0.4, -0.2) is 48.3 Å². The molecule has 5 nitrogen and oxygen atoms in total. The Kier molecular flexibility index (Phi) is 6.69. The highest BCUT2D eigenvalue weighted by atomic mass is 35.5. The number of hydrogen-bond donors (Lipinski definition) is 2. The Bertz CT molecular complexity index is 537. The molecular weight excluding hydrogens is 316 g/mol.